The second-order valence-corrected chi connectivity index (χ2v) is 9.96. The van der Waals surface area contributed by atoms with Gasteiger partial charge in [-0.3, -0.25) is 9.59 Å². The van der Waals surface area contributed by atoms with Crippen molar-refractivity contribution in [1.82, 2.24) is 4.98 Å². The number of aliphatic hydroxyl groups excluding tert-OH is 1. The van der Waals surface area contributed by atoms with Crippen LogP contribution in [0.5, 0.6) is 0 Å². The fourth-order valence-electron chi connectivity index (χ4n) is 6.90. The fourth-order valence-corrected chi connectivity index (χ4v) is 6.90. The number of Topliss-reactive ketones (excluding diaryl/α,β-unsaturated/α-hetero) is 1. The number of aromatic nitrogens is 1. The van der Waals surface area contributed by atoms with E-state index in [1.165, 1.54) is 23.3 Å². The fraction of sp³-hybridized carbons (Fsp3) is 0.444. The number of nitrogens with one attached hydrogen (secondary N) is 1. The van der Waals surface area contributed by atoms with Gasteiger partial charge in [0.05, 0.1) is 12.5 Å². The number of nitrogens with zero attached hydrogens (tertiary/aromatic N) is 1. The summed E-state index contributed by atoms with van der Waals surface area (Å²) in [6.45, 7) is 2.06. The number of ketones is 1. The molecule has 0 radical (unpaired) electrons. The van der Waals surface area contributed by atoms with Gasteiger partial charge in [0.1, 0.15) is 11.6 Å². The molecule has 0 spiro atoms. The SMILES string of the molecule is C[C@]12CCC3c4ccccc4CCC3C1[C@H](CCC(=O)Nc1ccc(F)cn1)/C(=C/O)C2=O. The van der Waals surface area contributed by atoms with Gasteiger partial charge in [0.2, 0.25) is 5.91 Å². The molecule has 172 valence electrons. The lowest BCUT2D eigenvalue weighted by Crippen LogP contribution is -2.44. The van der Waals surface area contributed by atoms with E-state index < -0.39 is 11.2 Å². The quantitative estimate of drug-likeness (QED) is 0.489. The first-order valence-corrected chi connectivity index (χ1v) is 11.8. The van der Waals surface area contributed by atoms with Crippen molar-refractivity contribution in [2.75, 3.05) is 5.32 Å². The van der Waals surface area contributed by atoms with Crippen LogP contribution < -0.4 is 5.32 Å². The van der Waals surface area contributed by atoms with Gasteiger partial charge >= 0.3 is 0 Å². The van der Waals surface area contributed by atoms with Gasteiger partial charge in [-0.15, -0.1) is 0 Å². The maximum absolute atomic E-state index is 13.4. The van der Waals surface area contributed by atoms with E-state index >= 15 is 0 Å². The number of fused-ring (bicyclic) bond motifs is 5. The van der Waals surface area contributed by atoms with E-state index in [4.69, 9.17) is 0 Å². The molecule has 0 aliphatic heterocycles. The summed E-state index contributed by atoms with van der Waals surface area (Å²) in [5, 5.41) is 12.7. The number of amides is 1. The van der Waals surface area contributed by atoms with Crippen molar-refractivity contribution in [3.05, 3.63) is 71.4 Å². The maximum atomic E-state index is 13.4. The van der Waals surface area contributed by atoms with Gasteiger partial charge in [0.25, 0.3) is 0 Å². The molecule has 1 heterocycles. The Balaban J connectivity index is 1.38. The second-order valence-electron chi connectivity index (χ2n) is 9.96. The number of benzene rings is 1. The zero-order valence-electron chi connectivity index (χ0n) is 18.8. The number of carbonyl (C=O) groups is 2. The molecule has 3 aliphatic carbocycles. The minimum absolute atomic E-state index is 0.0397. The minimum Gasteiger partial charge on any atom is -0.515 e. The zero-order valence-corrected chi connectivity index (χ0v) is 18.8. The van der Waals surface area contributed by atoms with Crippen molar-refractivity contribution < 1.29 is 19.1 Å². The van der Waals surface area contributed by atoms with Crippen molar-refractivity contribution in [2.45, 2.75) is 51.4 Å². The monoisotopic (exact) mass is 448 g/mol. The Kier molecular flexibility index (Phi) is 5.55. The maximum Gasteiger partial charge on any atom is 0.225 e. The Bertz CT molecular complexity index is 1110. The molecule has 2 N–H and O–H groups in total. The number of rotatable bonds is 4. The predicted octanol–water partition coefficient (Wildman–Crippen LogP) is 5.34. The molecule has 5 atom stereocenters. The average Bonchev–Trinajstić information content (AvgIpc) is 3.05. The van der Waals surface area contributed by atoms with E-state index in [-0.39, 0.29) is 29.9 Å². The highest BCUT2D eigenvalue weighted by molar-refractivity contribution is 6.03. The molecule has 1 aromatic carbocycles. The van der Waals surface area contributed by atoms with Crippen LogP contribution >= 0.6 is 0 Å². The van der Waals surface area contributed by atoms with E-state index in [0.29, 0.717) is 29.6 Å². The highest BCUT2D eigenvalue weighted by Gasteiger charge is 2.60. The highest BCUT2D eigenvalue weighted by atomic mass is 19.1. The van der Waals surface area contributed by atoms with Gasteiger partial charge in [-0.1, -0.05) is 31.2 Å². The van der Waals surface area contributed by atoms with Gasteiger partial charge in [-0.2, -0.15) is 0 Å². The molecule has 1 amide bonds. The third kappa shape index (κ3) is 3.65. The minimum atomic E-state index is -0.498. The van der Waals surface area contributed by atoms with Crippen molar-refractivity contribution in [1.29, 1.82) is 0 Å². The lowest BCUT2D eigenvalue weighted by Gasteiger charge is -2.49. The van der Waals surface area contributed by atoms with Gasteiger partial charge in [0, 0.05) is 17.4 Å². The van der Waals surface area contributed by atoms with Crippen LogP contribution in [0.1, 0.15) is 56.1 Å². The molecule has 2 fully saturated rings. The van der Waals surface area contributed by atoms with Gasteiger partial charge < -0.3 is 10.4 Å². The molecule has 0 bridgehead atoms. The van der Waals surface area contributed by atoms with Crippen molar-refractivity contribution in [3.8, 4) is 0 Å². The number of allylic oxidation sites excluding steroid dienone is 1. The molecule has 33 heavy (non-hydrogen) atoms. The van der Waals surface area contributed by atoms with Crippen molar-refractivity contribution in [2.24, 2.45) is 23.2 Å². The van der Waals surface area contributed by atoms with Crippen LogP contribution in [-0.2, 0) is 16.0 Å². The first-order valence-electron chi connectivity index (χ1n) is 11.8. The van der Waals surface area contributed by atoms with Crippen molar-refractivity contribution >= 4 is 17.5 Å². The Morgan fingerprint density at radius 2 is 2.09 bits per heavy atom. The van der Waals surface area contributed by atoms with Crippen molar-refractivity contribution in [3.63, 3.8) is 0 Å². The van der Waals surface area contributed by atoms with Crippen LogP contribution in [0.4, 0.5) is 10.2 Å². The van der Waals surface area contributed by atoms with E-state index in [2.05, 4.69) is 41.5 Å². The number of carbonyl (C=O) groups excluding carboxylic acids is 2. The van der Waals surface area contributed by atoms with Crippen LogP contribution in [0.15, 0.2) is 54.4 Å². The normalized spacial score (nSPS) is 31.6. The Hall–Kier alpha value is -3.02. The number of anilines is 1. The van der Waals surface area contributed by atoms with E-state index in [1.807, 2.05) is 0 Å². The van der Waals surface area contributed by atoms with Crippen LogP contribution in [0.2, 0.25) is 0 Å². The Morgan fingerprint density at radius 1 is 1.27 bits per heavy atom. The summed E-state index contributed by atoms with van der Waals surface area (Å²) in [6.07, 6.45) is 6.53. The lowest BCUT2D eigenvalue weighted by molar-refractivity contribution is -0.127. The first kappa shape index (κ1) is 21.8. The van der Waals surface area contributed by atoms with Crippen LogP contribution in [0, 0.1) is 29.0 Å². The summed E-state index contributed by atoms with van der Waals surface area (Å²) in [4.78, 5) is 29.9. The molecule has 2 aromatic rings. The standard InChI is InChI=1S/C27H29FN2O3/c1-27-13-12-19-18-5-3-2-4-16(18)6-8-20(19)25(27)21(22(15-31)26(27)33)9-11-24(32)30-23-10-7-17(28)14-29-23/h2-5,7,10,14-15,19-21,25,31H,6,8-9,11-13H2,1H3,(H,29,30,32)/b22-15-/t19?,20?,21-,25?,27+/m1/s1. The number of hydrogen-bond donors (Lipinski definition) is 2. The molecule has 3 aliphatic rings. The molecular formula is C27H29FN2O3. The van der Waals surface area contributed by atoms with Crippen LogP contribution in [-0.4, -0.2) is 21.8 Å². The summed E-state index contributed by atoms with van der Waals surface area (Å²) in [5.74, 6) is 0.366. The third-order valence-corrected chi connectivity index (χ3v) is 8.32. The topological polar surface area (TPSA) is 79.3 Å². The number of aliphatic hydroxyl groups is 1. The summed E-state index contributed by atoms with van der Waals surface area (Å²) in [7, 11) is 0. The molecule has 0 saturated heterocycles. The van der Waals surface area contributed by atoms with E-state index in [9.17, 15) is 19.1 Å². The Morgan fingerprint density at radius 3 is 2.85 bits per heavy atom. The van der Waals surface area contributed by atoms with Crippen LogP contribution in [0.25, 0.3) is 0 Å². The highest BCUT2D eigenvalue weighted by Crippen LogP contribution is 2.63. The lowest BCUT2D eigenvalue weighted by atomic mass is 9.54. The third-order valence-electron chi connectivity index (χ3n) is 8.32. The molecule has 3 unspecified atom stereocenters. The summed E-state index contributed by atoms with van der Waals surface area (Å²) in [6, 6.07) is 11.3. The molecule has 6 heteroatoms. The smallest absolute Gasteiger partial charge is 0.225 e. The van der Waals surface area contributed by atoms with E-state index in [0.717, 1.165) is 38.1 Å². The molecule has 5 rings (SSSR count). The molecule has 2 saturated carbocycles. The summed E-state index contributed by atoms with van der Waals surface area (Å²) in [5.41, 5.74) is 2.78. The second kappa shape index (κ2) is 8.40. The molecule has 1 aromatic heterocycles. The summed E-state index contributed by atoms with van der Waals surface area (Å²) >= 11 is 0. The zero-order chi connectivity index (χ0) is 23.2. The Labute approximate surface area is 193 Å². The predicted molar refractivity (Wildman–Crippen MR) is 123 cm³/mol. The van der Waals surface area contributed by atoms with Gasteiger partial charge in [0.15, 0.2) is 5.78 Å². The van der Waals surface area contributed by atoms with E-state index in [1.54, 1.807) is 0 Å². The molecular weight excluding hydrogens is 419 g/mol. The largest absolute Gasteiger partial charge is 0.515 e. The number of pyridine rings is 1. The number of halogens is 1. The molecule has 5 nitrogen and oxygen atoms in total. The van der Waals surface area contributed by atoms with Crippen LogP contribution in [0.3, 0.4) is 0 Å². The average molecular weight is 449 g/mol. The number of hydrogen-bond acceptors (Lipinski definition) is 4. The van der Waals surface area contributed by atoms with Gasteiger partial charge in [-0.05, 0) is 79.0 Å². The summed E-state index contributed by atoms with van der Waals surface area (Å²) < 4.78 is 13.1. The number of aryl methyl sites for hydroxylation is 1. The first-order chi connectivity index (χ1) is 15.9. The van der Waals surface area contributed by atoms with Gasteiger partial charge in [-0.25, -0.2) is 9.37 Å².